The summed E-state index contributed by atoms with van der Waals surface area (Å²) in [5, 5.41) is 6.07. The molecule has 1 atom stereocenters. The van der Waals surface area contributed by atoms with Crippen LogP contribution in [0.5, 0.6) is 11.5 Å². The largest absolute Gasteiger partial charge is 0.493 e. The smallest absolute Gasteiger partial charge is 0.219 e. The van der Waals surface area contributed by atoms with Crippen LogP contribution in [0.3, 0.4) is 0 Å². The Hall–Kier alpha value is -1.75. The first-order valence-corrected chi connectivity index (χ1v) is 7.58. The van der Waals surface area contributed by atoms with E-state index in [9.17, 15) is 4.79 Å². The molecule has 1 aromatic carbocycles. The molecule has 5 heteroatoms. The number of ether oxygens (including phenoxy) is 2. The highest BCUT2D eigenvalue weighted by atomic mass is 16.5. The van der Waals surface area contributed by atoms with Crippen LogP contribution in [0.2, 0.25) is 0 Å². The molecule has 1 aliphatic heterocycles. The summed E-state index contributed by atoms with van der Waals surface area (Å²) in [5.41, 5.74) is 1.20. The lowest BCUT2D eigenvalue weighted by molar-refractivity contribution is -0.120. The molecule has 5 nitrogen and oxygen atoms in total. The number of fused-ring (bicyclic) bond motifs is 1. The van der Waals surface area contributed by atoms with Crippen LogP contribution in [0.15, 0.2) is 18.2 Å². The second kappa shape index (κ2) is 7.88. The summed E-state index contributed by atoms with van der Waals surface area (Å²) >= 11 is 0. The third-order valence-corrected chi connectivity index (χ3v) is 3.50. The van der Waals surface area contributed by atoms with E-state index in [1.165, 1.54) is 5.56 Å². The van der Waals surface area contributed by atoms with Crippen molar-refractivity contribution in [2.75, 3.05) is 26.8 Å². The highest BCUT2D eigenvalue weighted by Gasteiger charge is 2.23. The molecule has 0 fully saturated rings. The maximum Gasteiger partial charge on any atom is 0.219 e. The van der Waals surface area contributed by atoms with Gasteiger partial charge in [0.15, 0.2) is 0 Å². The van der Waals surface area contributed by atoms with Gasteiger partial charge in [0.25, 0.3) is 0 Å². The van der Waals surface area contributed by atoms with E-state index >= 15 is 0 Å². The summed E-state index contributed by atoms with van der Waals surface area (Å²) < 4.78 is 11.4. The van der Waals surface area contributed by atoms with E-state index in [-0.39, 0.29) is 11.9 Å². The number of benzene rings is 1. The molecule has 0 saturated carbocycles. The quantitative estimate of drug-likeness (QED) is 0.720. The summed E-state index contributed by atoms with van der Waals surface area (Å²) in [7, 11) is 1.64. The van der Waals surface area contributed by atoms with Gasteiger partial charge in [-0.1, -0.05) is 6.92 Å². The Labute approximate surface area is 126 Å². The van der Waals surface area contributed by atoms with Crippen LogP contribution >= 0.6 is 0 Å². The van der Waals surface area contributed by atoms with E-state index in [0.29, 0.717) is 26.1 Å². The molecule has 1 aliphatic rings. The standard InChI is InChI=1S/C16H24N2O3/c1-3-8-18-14-11-21-15-10-12(6-7-13(14)15)20-9-4-5-16(19)17-2/h6-7,10,14,18H,3-5,8-9,11H2,1-2H3,(H,17,19). The molecule has 2 N–H and O–H groups in total. The van der Waals surface area contributed by atoms with Gasteiger partial charge in [-0.25, -0.2) is 0 Å². The van der Waals surface area contributed by atoms with Crippen molar-refractivity contribution in [2.24, 2.45) is 0 Å². The molecule has 1 heterocycles. The minimum Gasteiger partial charge on any atom is -0.493 e. The Bertz CT molecular complexity index is 477. The molecular weight excluding hydrogens is 268 g/mol. The molecular formula is C16H24N2O3. The maximum absolute atomic E-state index is 11.1. The van der Waals surface area contributed by atoms with E-state index in [1.54, 1.807) is 7.05 Å². The van der Waals surface area contributed by atoms with Crippen LogP contribution in [-0.4, -0.2) is 32.7 Å². The Kier molecular flexibility index (Phi) is 5.87. The van der Waals surface area contributed by atoms with Gasteiger partial charge in [-0.2, -0.15) is 0 Å². The third kappa shape index (κ3) is 4.36. The maximum atomic E-state index is 11.1. The molecule has 1 amide bonds. The van der Waals surface area contributed by atoms with Crippen LogP contribution in [0.1, 0.15) is 37.8 Å². The average Bonchev–Trinajstić information content (AvgIpc) is 2.91. The van der Waals surface area contributed by atoms with E-state index in [2.05, 4.69) is 23.6 Å². The Balaban J connectivity index is 1.83. The number of hydrogen-bond donors (Lipinski definition) is 2. The number of carbonyl (C=O) groups is 1. The van der Waals surface area contributed by atoms with Crippen molar-refractivity contribution >= 4 is 5.91 Å². The summed E-state index contributed by atoms with van der Waals surface area (Å²) in [6.07, 6.45) is 2.30. The van der Waals surface area contributed by atoms with Crippen LogP contribution in [-0.2, 0) is 4.79 Å². The zero-order valence-electron chi connectivity index (χ0n) is 12.8. The summed E-state index contributed by atoms with van der Waals surface area (Å²) in [4.78, 5) is 11.1. The zero-order valence-corrected chi connectivity index (χ0v) is 12.8. The molecule has 0 bridgehead atoms. The lowest BCUT2D eigenvalue weighted by Gasteiger charge is -2.11. The second-order valence-corrected chi connectivity index (χ2v) is 5.14. The minimum atomic E-state index is 0.0423. The normalized spacial score (nSPS) is 16.2. The van der Waals surface area contributed by atoms with Gasteiger partial charge in [0.1, 0.15) is 18.1 Å². The first kappa shape index (κ1) is 15.6. The fraction of sp³-hybridized carbons (Fsp3) is 0.562. The third-order valence-electron chi connectivity index (χ3n) is 3.50. The first-order chi connectivity index (χ1) is 10.2. The Morgan fingerprint density at radius 1 is 1.48 bits per heavy atom. The van der Waals surface area contributed by atoms with Crippen molar-refractivity contribution in [1.29, 1.82) is 0 Å². The predicted octanol–water partition coefficient (Wildman–Crippen LogP) is 2.02. The number of nitrogens with one attached hydrogen (secondary N) is 2. The van der Waals surface area contributed by atoms with Gasteiger partial charge in [0, 0.05) is 25.1 Å². The van der Waals surface area contributed by atoms with Gasteiger partial charge in [-0.05, 0) is 31.5 Å². The molecule has 2 rings (SSSR count). The van der Waals surface area contributed by atoms with E-state index in [1.807, 2.05) is 12.1 Å². The molecule has 0 aromatic heterocycles. The number of rotatable bonds is 8. The monoisotopic (exact) mass is 292 g/mol. The fourth-order valence-corrected chi connectivity index (χ4v) is 2.32. The SMILES string of the molecule is CCCNC1COc2cc(OCCCC(=O)NC)ccc21. The second-order valence-electron chi connectivity index (χ2n) is 5.14. The minimum absolute atomic E-state index is 0.0423. The van der Waals surface area contributed by atoms with Gasteiger partial charge in [0.05, 0.1) is 12.6 Å². The summed E-state index contributed by atoms with van der Waals surface area (Å²) in [6, 6.07) is 6.24. The number of hydrogen-bond acceptors (Lipinski definition) is 4. The van der Waals surface area contributed by atoms with E-state index in [0.717, 1.165) is 24.5 Å². The van der Waals surface area contributed by atoms with Gasteiger partial charge in [-0.15, -0.1) is 0 Å². The summed E-state index contributed by atoms with van der Waals surface area (Å²) in [5.74, 6) is 1.73. The lowest BCUT2D eigenvalue weighted by atomic mass is 10.1. The molecule has 0 radical (unpaired) electrons. The van der Waals surface area contributed by atoms with Crippen molar-refractivity contribution in [3.8, 4) is 11.5 Å². The highest BCUT2D eigenvalue weighted by molar-refractivity contribution is 5.75. The van der Waals surface area contributed by atoms with Gasteiger partial charge in [0.2, 0.25) is 5.91 Å². The van der Waals surface area contributed by atoms with Crippen molar-refractivity contribution in [1.82, 2.24) is 10.6 Å². The summed E-state index contributed by atoms with van der Waals surface area (Å²) in [6.45, 7) is 4.35. The van der Waals surface area contributed by atoms with Crippen LogP contribution < -0.4 is 20.1 Å². The van der Waals surface area contributed by atoms with E-state index in [4.69, 9.17) is 9.47 Å². The van der Waals surface area contributed by atoms with Gasteiger partial charge >= 0.3 is 0 Å². The predicted molar refractivity (Wildman–Crippen MR) is 81.8 cm³/mol. The lowest BCUT2D eigenvalue weighted by Crippen LogP contribution is -2.22. The fourth-order valence-electron chi connectivity index (χ4n) is 2.32. The van der Waals surface area contributed by atoms with Gasteiger partial charge in [-0.3, -0.25) is 4.79 Å². The zero-order chi connectivity index (χ0) is 15.1. The molecule has 116 valence electrons. The molecule has 1 unspecified atom stereocenters. The molecule has 0 spiro atoms. The van der Waals surface area contributed by atoms with Crippen LogP contribution in [0, 0.1) is 0 Å². The van der Waals surface area contributed by atoms with Crippen LogP contribution in [0.25, 0.3) is 0 Å². The number of carbonyl (C=O) groups excluding carboxylic acids is 1. The number of amides is 1. The van der Waals surface area contributed by atoms with Crippen molar-refractivity contribution < 1.29 is 14.3 Å². The highest BCUT2D eigenvalue weighted by Crippen LogP contribution is 2.35. The molecule has 21 heavy (non-hydrogen) atoms. The van der Waals surface area contributed by atoms with Crippen molar-refractivity contribution in [2.45, 2.75) is 32.2 Å². The first-order valence-electron chi connectivity index (χ1n) is 7.58. The van der Waals surface area contributed by atoms with Crippen molar-refractivity contribution in [3.05, 3.63) is 23.8 Å². The molecule has 0 aliphatic carbocycles. The van der Waals surface area contributed by atoms with E-state index < -0.39 is 0 Å². The van der Waals surface area contributed by atoms with Crippen LogP contribution in [0.4, 0.5) is 0 Å². The molecule has 1 aromatic rings. The average molecular weight is 292 g/mol. The Morgan fingerprint density at radius 3 is 3.10 bits per heavy atom. The van der Waals surface area contributed by atoms with Crippen molar-refractivity contribution in [3.63, 3.8) is 0 Å². The molecule has 0 saturated heterocycles. The topological polar surface area (TPSA) is 59.6 Å². The van der Waals surface area contributed by atoms with Gasteiger partial charge < -0.3 is 20.1 Å². The Morgan fingerprint density at radius 2 is 2.33 bits per heavy atom.